The summed E-state index contributed by atoms with van der Waals surface area (Å²) in [5.74, 6) is -0.497. The van der Waals surface area contributed by atoms with E-state index in [1.807, 2.05) is 0 Å². The molecule has 3 heteroatoms. The SMILES string of the molecule is C=CC(=O)OCC(C)(C)C(C)=O. The van der Waals surface area contributed by atoms with Crippen LogP contribution >= 0.6 is 0 Å². The highest BCUT2D eigenvalue weighted by atomic mass is 16.5. The largest absolute Gasteiger partial charge is 0.462 e. The molecule has 0 bridgehead atoms. The van der Waals surface area contributed by atoms with Gasteiger partial charge in [0.05, 0.1) is 5.41 Å². The molecule has 0 saturated carbocycles. The fraction of sp³-hybridized carbons (Fsp3) is 0.556. The van der Waals surface area contributed by atoms with E-state index in [2.05, 4.69) is 6.58 Å². The lowest BCUT2D eigenvalue weighted by Crippen LogP contribution is -2.28. The summed E-state index contributed by atoms with van der Waals surface area (Å²) in [4.78, 5) is 21.6. The molecule has 3 nitrogen and oxygen atoms in total. The Morgan fingerprint density at radius 1 is 1.50 bits per heavy atom. The van der Waals surface area contributed by atoms with Crippen molar-refractivity contribution in [2.75, 3.05) is 6.61 Å². The normalized spacial score (nSPS) is 10.6. The minimum absolute atomic E-state index is 0.000591. The fourth-order valence-corrected chi connectivity index (χ4v) is 0.412. The number of hydrogen-bond donors (Lipinski definition) is 0. The maximum Gasteiger partial charge on any atom is 0.330 e. The Kier molecular flexibility index (Phi) is 3.67. The number of ether oxygens (including phenoxy) is 1. The zero-order chi connectivity index (χ0) is 9.78. The molecule has 0 radical (unpaired) electrons. The molecule has 0 atom stereocenters. The van der Waals surface area contributed by atoms with Gasteiger partial charge < -0.3 is 4.74 Å². The summed E-state index contributed by atoms with van der Waals surface area (Å²) in [6.07, 6.45) is 1.08. The number of carbonyl (C=O) groups excluding carboxylic acids is 2. The molecule has 0 heterocycles. The van der Waals surface area contributed by atoms with Crippen molar-refractivity contribution in [3.8, 4) is 0 Å². The van der Waals surface area contributed by atoms with Gasteiger partial charge >= 0.3 is 5.97 Å². The van der Waals surface area contributed by atoms with Gasteiger partial charge in [-0.05, 0) is 20.8 Å². The number of rotatable bonds is 4. The average molecular weight is 170 g/mol. The van der Waals surface area contributed by atoms with Crippen LogP contribution in [0.3, 0.4) is 0 Å². The van der Waals surface area contributed by atoms with Crippen LogP contribution in [0.5, 0.6) is 0 Å². The first-order chi connectivity index (χ1) is 5.40. The van der Waals surface area contributed by atoms with E-state index in [4.69, 9.17) is 4.74 Å². The summed E-state index contributed by atoms with van der Waals surface area (Å²) in [6, 6.07) is 0. The topological polar surface area (TPSA) is 43.4 Å². The van der Waals surface area contributed by atoms with Crippen molar-refractivity contribution in [3.05, 3.63) is 12.7 Å². The first kappa shape index (κ1) is 10.9. The first-order valence-electron chi connectivity index (χ1n) is 3.70. The molecular weight excluding hydrogens is 156 g/mol. The second-order valence-electron chi connectivity index (χ2n) is 3.25. The number of ketones is 1. The first-order valence-corrected chi connectivity index (χ1v) is 3.70. The number of hydrogen-bond acceptors (Lipinski definition) is 3. The summed E-state index contributed by atoms with van der Waals surface area (Å²) >= 11 is 0. The zero-order valence-corrected chi connectivity index (χ0v) is 7.72. The van der Waals surface area contributed by atoms with E-state index in [9.17, 15) is 9.59 Å². The monoisotopic (exact) mass is 170 g/mol. The van der Waals surface area contributed by atoms with Crippen molar-refractivity contribution in [1.29, 1.82) is 0 Å². The summed E-state index contributed by atoms with van der Waals surface area (Å²) in [5, 5.41) is 0. The maximum atomic E-state index is 10.9. The van der Waals surface area contributed by atoms with Crippen LogP contribution in [0.15, 0.2) is 12.7 Å². The second kappa shape index (κ2) is 4.04. The Morgan fingerprint density at radius 3 is 2.33 bits per heavy atom. The van der Waals surface area contributed by atoms with Gasteiger partial charge in [0.25, 0.3) is 0 Å². The van der Waals surface area contributed by atoms with Crippen molar-refractivity contribution in [1.82, 2.24) is 0 Å². The molecule has 12 heavy (non-hydrogen) atoms. The fourth-order valence-electron chi connectivity index (χ4n) is 0.412. The molecule has 0 aliphatic heterocycles. The third kappa shape index (κ3) is 3.32. The van der Waals surface area contributed by atoms with E-state index in [1.54, 1.807) is 13.8 Å². The third-order valence-electron chi connectivity index (χ3n) is 1.70. The van der Waals surface area contributed by atoms with Crippen LogP contribution in [0.1, 0.15) is 20.8 Å². The Hall–Kier alpha value is -1.12. The van der Waals surface area contributed by atoms with Crippen LogP contribution in [-0.4, -0.2) is 18.4 Å². The van der Waals surface area contributed by atoms with Gasteiger partial charge in [0.2, 0.25) is 0 Å². The Labute approximate surface area is 72.4 Å². The molecule has 0 spiro atoms. The van der Waals surface area contributed by atoms with Gasteiger partial charge in [0.1, 0.15) is 12.4 Å². The van der Waals surface area contributed by atoms with Crippen LogP contribution < -0.4 is 0 Å². The molecule has 0 amide bonds. The van der Waals surface area contributed by atoms with Crippen LogP contribution in [0.4, 0.5) is 0 Å². The quantitative estimate of drug-likeness (QED) is 0.472. The molecule has 0 aliphatic rings. The molecule has 0 rings (SSSR count). The summed E-state index contributed by atoms with van der Waals surface area (Å²) in [5.41, 5.74) is -0.599. The third-order valence-corrected chi connectivity index (χ3v) is 1.70. The van der Waals surface area contributed by atoms with Crippen molar-refractivity contribution in [3.63, 3.8) is 0 Å². The van der Waals surface area contributed by atoms with Crippen LogP contribution in [0, 0.1) is 5.41 Å². The maximum absolute atomic E-state index is 10.9. The van der Waals surface area contributed by atoms with Gasteiger partial charge in [0, 0.05) is 6.08 Å². The average Bonchev–Trinajstić information content (AvgIpc) is 2.00. The molecule has 0 saturated heterocycles. The van der Waals surface area contributed by atoms with E-state index in [0.29, 0.717) is 0 Å². The number of esters is 1. The van der Waals surface area contributed by atoms with E-state index >= 15 is 0 Å². The number of Topliss-reactive ketones (excluding diaryl/α,β-unsaturated/α-hetero) is 1. The molecular formula is C9H14O3. The highest BCUT2D eigenvalue weighted by Gasteiger charge is 2.24. The van der Waals surface area contributed by atoms with Crippen molar-refractivity contribution in [2.45, 2.75) is 20.8 Å². The molecule has 0 aromatic rings. The Balaban J connectivity index is 4.00. The summed E-state index contributed by atoms with van der Waals surface area (Å²) < 4.78 is 4.74. The summed E-state index contributed by atoms with van der Waals surface area (Å²) in [6.45, 7) is 8.28. The molecule has 0 aromatic heterocycles. The van der Waals surface area contributed by atoms with Crippen LogP contribution in [0.25, 0.3) is 0 Å². The Bertz CT molecular complexity index is 204. The lowest BCUT2D eigenvalue weighted by Gasteiger charge is -2.19. The molecule has 0 aliphatic carbocycles. The summed E-state index contributed by atoms with van der Waals surface area (Å²) in [7, 11) is 0. The molecule has 0 unspecified atom stereocenters. The predicted octanol–water partition coefficient (Wildman–Crippen LogP) is 1.33. The van der Waals surface area contributed by atoms with E-state index in [0.717, 1.165) is 6.08 Å². The van der Waals surface area contributed by atoms with E-state index in [-0.39, 0.29) is 12.4 Å². The van der Waals surface area contributed by atoms with Crippen molar-refractivity contribution >= 4 is 11.8 Å². The highest BCUT2D eigenvalue weighted by Crippen LogP contribution is 2.16. The van der Waals surface area contributed by atoms with Gasteiger partial charge in [-0.1, -0.05) is 6.58 Å². The van der Waals surface area contributed by atoms with Crippen molar-refractivity contribution in [2.24, 2.45) is 5.41 Å². The molecule has 0 aromatic carbocycles. The van der Waals surface area contributed by atoms with Gasteiger partial charge in [-0.3, -0.25) is 4.79 Å². The second-order valence-corrected chi connectivity index (χ2v) is 3.25. The smallest absolute Gasteiger partial charge is 0.330 e. The minimum atomic E-state index is -0.599. The lowest BCUT2D eigenvalue weighted by molar-refractivity contribution is -0.143. The zero-order valence-electron chi connectivity index (χ0n) is 7.72. The van der Waals surface area contributed by atoms with Crippen LogP contribution in [0.2, 0.25) is 0 Å². The van der Waals surface area contributed by atoms with Crippen molar-refractivity contribution < 1.29 is 14.3 Å². The minimum Gasteiger partial charge on any atom is -0.462 e. The van der Waals surface area contributed by atoms with E-state index < -0.39 is 11.4 Å². The standard InChI is InChI=1S/C9H14O3/c1-5-8(11)12-6-9(3,4)7(2)10/h5H,1,6H2,2-4H3. The van der Waals surface area contributed by atoms with Gasteiger partial charge in [-0.15, -0.1) is 0 Å². The molecule has 68 valence electrons. The molecule has 0 fully saturated rings. The predicted molar refractivity (Wildman–Crippen MR) is 45.6 cm³/mol. The number of carbonyl (C=O) groups is 2. The molecule has 0 N–H and O–H groups in total. The van der Waals surface area contributed by atoms with Crippen LogP contribution in [-0.2, 0) is 14.3 Å². The lowest BCUT2D eigenvalue weighted by atomic mass is 9.90. The van der Waals surface area contributed by atoms with Gasteiger partial charge in [-0.2, -0.15) is 0 Å². The van der Waals surface area contributed by atoms with Gasteiger partial charge in [-0.25, -0.2) is 4.79 Å². The Morgan fingerprint density at radius 2 is 2.00 bits per heavy atom. The van der Waals surface area contributed by atoms with Gasteiger partial charge in [0.15, 0.2) is 0 Å². The van der Waals surface area contributed by atoms with E-state index in [1.165, 1.54) is 6.92 Å². The highest BCUT2D eigenvalue weighted by molar-refractivity contribution is 5.83.